The first-order valence-corrected chi connectivity index (χ1v) is 7.81. The zero-order valence-electron chi connectivity index (χ0n) is 12.1. The zero-order chi connectivity index (χ0) is 13.1. The van der Waals surface area contributed by atoms with Gasteiger partial charge < -0.3 is 10.2 Å². The molecular formula is C17H26N2. The molecule has 0 amide bonds. The molecule has 0 spiro atoms. The highest BCUT2D eigenvalue weighted by molar-refractivity contribution is 5.32. The van der Waals surface area contributed by atoms with Gasteiger partial charge in [-0.2, -0.15) is 0 Å². The Balaban J connectivity index is 1.62. The number of benzene rings is 1. The van der Waals surface area contributed by atoms with Crippen LogP contribution in [0.15, 0.2) is 24.3 Å². The number of hydrogen-bond donors (Lipinski definition) is 1. The minimum Gasteiger partial charge on any atom is -0.319 e. The third-order valence-corrected chi connectivity index (χ3v) is 4.83. The fourth-order valence-electron chi connectivity index (χ4n) is 3.89. The Kier molecular flexibility index (Phi) is 4.19. The molecule has 1 aliphatic carbocycles. The van der Waals surface area contributed by atoms with Crippen LogP contribution in [-0.4, -0.2) is 38.1 Å². The van der Waals surface area contributed by atoms with Crippen molar-refractivity contribution in [3.63, 3.8) is 0 Å². The quantitative estimate of drug-likeness (QED) is 0.893. The second-order valence-electron chi connectivity index (χ2n) is 6.26. The molecule has 0 saturated carbocycles. The van der Waals surface area contributed by atoms with Crippen LogP contribution >= 0.6 is 0 Å². The summed E-state index contributed by atoms with van der Waals surface area (Å²) in [6, 6.07) is 9.10. The molecule has 0 aromatic heterocycles. The van der Waals surface area contributed by atoms with Crippen LogP contribution in [0.5, 0.6) is 0 Å². The summed E-state index contributed by atoms with van der Waals surface area (Å²) in [6.07, 6.45) is 5.41. The predicted molar refractivity (Wildman–Crippen MR) is 80.6 cm³/mol. The van der Waals surface area contributed by atoms with Crippen molar-refractivity contribution >= 4 is 0 Å². The van der Waals surface area contributed by atoms with Gasteiger partial charge in [-0.15, -0.1) is 0 Å². The van der Waals surface area contributed by atoms with Crippen LogP contribution in [0.3, 0.4) is 0 Å². The normalized spacial score (nSPS) is 27.4. The molecular weight excluding hydrogens is 232 g/mol. The molecule has 19 heavy (non-hydrogen) atoms. The smallest absolute Gasteiger partial charge is 0.00505 e. The third kappa shape index (κ3) is 3.01. The molecule has 0 radical (unpaired) electrons. The van der Waals surface area contributed by atoms with E-state index in [0.29, 0.717) is 0 Å². The molecule has 2 aliphatic rings. The fraction of sp³-hybridized carbons (Fsp3) is 0.647. The SMILES string of the molecule is CNCC1CCN(CC2CCCc3ccccc32)C1. The Bertz CT molecular complexity index is 415. The molecule has 2 atom stereocenters. The molecule has 1 heterocycles. The van der Waals surface area contributed by atoms with E-state index in [2.05, 4.69) is 41.5 Å². The van der Waals surface area contributed by atoms with Crippen LogP contribution in [0, 0.1) is 5.92 Å². The van der Waals surface area contributed by atoms with E-state index in [1.807, 2.05) is 0 Å². The molecule has 1 aromatic rings. The van der Waals surface area contributed by atoms with Gasteiger partial charge in [0.2, 0.25) is 0 Å². The first kappa shape index (κ1) is 13.1. The van der Waals surface area contributed by atoms with Crippen LogP contribution in [0.4, 0.5) is 0 Å². The van der Waals surface area contributed by atoms with E-state index in [9.17, 15) is 0 Å². The van der Waals surface area contributed by atoms with Gasteiger partial charge in [-0.25, -0.2) is 0 Å². The van der Waals surface area contributed by atoms with Gasteiger partial charge in [0, 0.05) is 13.1 Å². The van der Waals surface area contributed by atoms with Crippen molar-refractivity contribution in [1.29, 1.82) is 0 Å². The number of aryl methyl sites for hydroxylation is 1. The Morgan fingerprint density at radius 3 is 3.05 bits per heavy atom. The topological polar surface area (TPSA) is 15.3 Å². The van der Waals surface area contributed by atoms with E-state index in [4.69, 9.17) is 0 Å². The van der Waals surface area contributed by atoms with Crippen molar-refractivity contribution in [2.45, 2.75) is 31.6 Å². The minimum atomic E-state index is 0.776. The first-order chi connectivity index (χ1) is 9.36. The Hall–Kier alpha value is -0.860. The molecule has 2 heteroatoms. The molecule has 0 bridgehead atoms. The molecule has 3 rings (SSSR count). The summed E-state index contributed by atoms with van der Waals surface area (Å²) >= 11 is 0. The van der Waals surface area contributed by atoms with Crippen LogP contribution in [0.1, 0.15) is 36.3 Å². The van der Waals surface area contributed by atoms with Crippen LogP contribution < -0.4 is 5.32 Å². The van der Waals surface area contributed by atoms with E-state index in [1.54, 1.807) is 11.1 Å². The van der Waals surface area contributed by atoms with Crippen molar-refractivity contribution < 1.29 is 0 Å². The number of nitrogens with zero attached hydrogens (tertiary/aromatic N) is 1. The Morgan fingerprint density at radius 2 is 2.16 bits per heavy atom. The summed E-state index contributed by atoms with van der Waals surface area (Å²) in [4.78, 5) is 2.69. The summed E-state index contributed by atoms with van der Waals surface area (Å²) in [5.74, 6) is 1.64. The second kappa shape index (κ2) is 6.06. The number of rotatable bonds is 4. The Labute approximate surface area is 117 Å². The van der Waals surface area contributed by atoms with E-state index in [0.717, 1.165) is 11.8 Å². The van der Waals surface area contributed by atoms with Gasteiger partial charge in [-0.05, 0) is 68.8 Å². The minimum absolute atomic E-state index is 0.776. The fourth-order valence-corrected chi connectivity index (χ4v) is 3.89. The van der Waals surface area contributed by atoms with Gasteiger partial charge in [-0.1, -0.05) is 24.3 Å². The maximum atomic E-state index is 3.32. The predicted octanol–water partition coefficient (Wildman–Crippen LogP) is 2.65. The van der Waals surface area contributed by atoms with Gasteiger partial charge >= 0.3 is 0 Å². The Morgan fingerprint density at radius 1 is 1.26 bits per heavy atom. The lowest BCUT2D eigenvalue weighted by Crippen LogP contribution is -2.29. The highest BCUT2D eigenvalue weighted by Crippen LogP contribution is 2.33. The van der Waals surface area contributed by atoms with Crippen molar-refractivity contribution in [2.75, 3.05) is 33.2 Å². The van der Waals surface area contributed by atoms with Gasteiger partial charge in [-0.3, -0.25) is 0 Å². The number of nitrogens with one attached hydrogen (secondary N) is 1. The molecule has 1 aliphatic heterocycles. The first-order valence-electron chi connectivity index (χ1n) is 7.81. The average Bonchev–Trinajstić information content (AvgIpc) is 2.87. The van der Waals surface area contributed by atoms with Gasteiger partial charge in [0.15, 0.2) is 0 Å². The zero-order valence-corrected chi connectivity index (χ0v) is 12.1. The number of hydrogen-bond acceptors (Lipinski definition) is 2. The van der Waals surface area contributed by atoms with Gasteiger partial charge in [0.1, 0.15) is 0 Å². The standard InChI is InChI=1S/C17H26N2/c1-18-11-14-9-10-19(12-14)13-16-7-4-6-15-5-2-3-8-17(15)16/h2-3,5,8,14,16,18H,4,6-7,9-13H2,1H3. The average molecular weight is 258 g/mol. The summed E-state index contributed by atoms with van der Waals surface area (Å²) in [6.45, 7) is 5.04. The molecule has 1 N–H and O–H groups in total. The van der Waals surface area contributed by atoms with E-state index < -0.39 is 0 Å². The van der Waals surface area contributed by atoms with Crippen LogP contribution in [-0.2, 0) is 6.42 Å². The van der Waals surface area contributed by atoms with Crippen LogP contribution in [0.2, 0.25) is 0 Å². The molecule has 1 saturated heterocycles. The van der Waals surface area contributed by atoms with Gasteiger partial charge in [0.25, 0.3) is 0 Å². The molecule has 2 nitrogen and oxygen atoms in total. The summed E-state index contributed by atoms with van der Waals surface area (Å²) < 4.78 is 0. The molecule has 1 aromatic carbocycles. The van der Waals surface area contributed by atoms with Crippen molar-refractivity contribution in [2.24, 2.45) is 5.92 Å². The van der Waals surface area contributed by atoms with Crippen molar-refractivity contribution in [3.8, 4) is 0 Å². The third-order valence-electron chi connectivity index (χ3n) is 4.83. The van der Waals surface area contributed by atoms with Crippen LogP contribution in [0.25, 0.3) is 0 Å². The lowest BCUT2D eigenvalue weighted by atomic mass is 9.82. The second-order valence-corrected chi connectivity index (χ2v) is 6.26. The summed E-state index contributed by atoms with van der Waals surface area (Å²) in [7, 11) is 2.07. The van der Waals surface area contributed by atoms with E-state index in [1.165, 1.54) is 51.9 Å². The number of fused-ring (bicyclic) bond motifs is 1. The lowest BCUT2D eigenvalue weighted by Gasteiger charge is -2.29. The summed E-state index contributed by atoms with van der Waals surface area (Å²) in [5, 5.41) is 3.32. The van der Waals surface area contributed by atoms with Gasteiger partial charge in [0.05, 0.1) is 0 Å². The molecule has 104 valence electrons. The molecule has 1 fully saturated rings. The monoisotopic (exact) mass is 258 g/mol. The highest BCUT2D eigenvalue weighted by Gasteiger charge is 2.26. The maximum absolute atomic E-state index is 3.32. The highest BCUT2D eigenvalue weighted by atomic mass is 15.1. The van der Waals surface area contributed by atoms with Crippen molar-refractivity contribution in [3.05, 3.63) is 35.4 Å². The maximum Gasteiger partial charge on any atom is 0.00505 e. The number of likely N-dealkylation sites (tertiary alicyclic amines) is 1. The van der Waals surface area contributed by atoms with E-state index >= 15 is 0 Å². The largest absolute Gasteiger partial charge is 0.319 e. The van der Waals surface area contributed by atoms with E-state index in [-0.39, 0.29) is 0 Å². The van der Waals surface area contributed by atoms with Crippen molar-refractivity contribution in [1.82, 2.24) is 10.2 Å². The summed E-state index contributed by atoms with van der Waals surface area (Å²) in [5.41, 5.74) is 3.23. The lowest BCUT2D eigenvalue weighted by molar-refractivity contribution is 0.289. The molecule has 2 unspecified atom stereocenters.